The molecule has 1 N–H and O–H groups in total. The number of nitro benzene ring substituents is 1. The highest BCUT2D eigenvalue weighted by molar-refractivity contribution is 7.09. The van der Waals surface area contributed by atoms with Crippen molar-refractivity contribution in [3.63, 3.8) is 0 Å². The molecule has 0 saturated carbocycles. The molecule has 1 aromatic carbocycles. The number of nitrogens with zero attached hydrogens (tertiary/aromatic N) is 1. The Morgan fingerprint density at radius 3 is 2.90 bits per heavy atom. The maximum absolute atomic E-state index is 11.7. The van der Waals surface area contributed by atoms with Crippen LogP contribution < -0.4 is 10.1 Å². The molecule has 6 nitrogen and oxygen atoms in total. The normalized spacial score (nSPS) is 10.1. The summed E-state index contributed by atoms with van der Waals surface area (Å²) in [5.41, 5.74) is 0.682. The Hall–Kier alpha value is -2.41. The lowest BCUT2D eigenvalue weighted by Gasteiger charge is -2.08. The molecular weight excluding hydrogens is 292 g/mol. The van der Waals surface area contributed by atoms with Crippen molar-refractivity contribution in [3.05, 3.63) is 56.3 Å². The Morgan fingerprint density at radius 2 is 2.24 bits per heavy atom. The minimum absolute atomic E-state index is 0.103. The summed E-state index contributed by atoms with van der Waals surface area (Å²) in [5, 5.41) is 15.5. The van der Waals surface area contributed by atoms with E-state index in [4.69, 9.17) is 4.74 Å². The van der Waals surface area contributed by atoms with Crippen LogP contribution in [0.5, 0.6) is 5.75 Å². The molecule has 0 aliphatic rings. The first-order valence-electron chi connectivity index (χ1n) is 6.23. The first-order chi connectivity index (χ1) is 10.1. The molecule has 0 aliphatic carbocycles. The molecule has 21 heavy (non-hydrogen) atoms. The van der Waals surface area contributed by atoms with Crippen molar-refractivity contribution >= 4 is 22.9 Å². The van der Waals surface area contributed by atoms with Gasteiger partial charge in [0, 0.05) is 10.9 Å². The van der Waals surface area contributed by atoms with E-state index in [1.165, 1.54) is 6.07 Å². The van der Waals surface area contributed by atoms with Crippen LogP contribution in [0.4, 0.5) is 5.69 Å². The first kappa shape index (κ1) is 15.0. The Morgan fingerprint density at radius 1 is 1.43 bits per heavy atom. The number of hydrogen-bond acceptors (Lipinski definition) is 5. The number of nitrogens with one attached hydrogen (secondary N) is 1. The molecule has 1 amide bonds. The molecule has 0 bridgehead atoms. The molecule has 0 spiro atoms. The molecule has 0 aliphatic heterocycles. The Balaban J connectivity index is 1.91. The van der Waals surface area contributed by atoms with Crippen LogP contribution in [0.25, 0.3) is 0 Å². The number of aryl methyl sites for hydroxylation is 1. The fourth-order valence-electron chi connectivity index (χ4n) is 1.68. The summed E-state index contributed by atoms with van der Waals surface area (Å²) >= 11 is 1.54. The highest BCUT2D eigenvalue weighted by atomic mass is 32.1. The molecule has 110 valence electrons. The van der Waals surface area contributed by atoms with Crippen LogP contribution in [0.15, 0.2) is 35.7 Å². The fraction of sp³-hybridized carbons (Fsp3) is 0.214. The van der Waals surface area contributed by atoms with Gasteiger partial charge in [0.05, 0.1) is 11.5 Å². The number of amides is 1. The van der Waals surface area contributed by atoms with E-state index in [9.17, 15) is 14.9 Å². The Bertz CT molecular complexity index is 640. The topological polar surface area (TPSA) is 81.5 Å². The van der Waals surface area contributed by atoms with E-state index in [1.54, 1.807) is 30.4 Å². The van der Waals surface area contributed by atoms with Crippen LogP contribution >= 0.6 is 11.3 Å². The van der Waals surface area contributed by atoms with E-state index in [2.05, 4.69) is 5.32 Å². The Kier molecular flexibility index (Phi) is 4.89. The molecule has 2 rings (SSSR count). The molecule has 1 heterocycles. The maximum Gasteiger partial charge on any atom is 0.310 e. The smallest absolute Gasteiger partial charge is 0.310 e. The second-order valence-electron chi connectivity index (χ2n) is 4.37. The van der Waals surface area contributed by atoms with E-state index < -0.39 is 4.92 Å². The van der Waals surface area contributed by atoms with Gasteiger partial charge in [-0.1, -0.05) is 12.1 Å². The van der Waals surface area contributed by atoms with Crippen molar-refractivity contribution in [3.8, 4) is 5.75 Å². The SMILES string of the molecule is Cc1ccc([N+](=O)[O-])c(OCC(=O)NCc2cccs2)c1. The predicted molar refractivity (Wildman–Crippen MR) is 79.5 cm³/mol. The van der Waals surface area contributed by atoms with E-state index in [0.29, 0.717) is 6.54 Å². The van der Waals surface area contributed by atoms with Gasteiger partial charge in [-0.15, -0.1) is 11.3 Å². The number of nitro groups is 1. The molecule has 1 aromatic heterocycles. The molecule has 0 saturated heterocycles. The van der Waals surface area contributed by atoms with Crippen molar-refractivity contribution in [2.45, 2.75) is 13.5 Å². The van der Waals surface area contributed by atoms with Crippen LogP contribution in [-0.2, 0) is 11.3 Å². The number of carbonyl (C=O) groups excluding carboxylic acids is 1. The van der Waals surface area contributed by atoms with Crippen LogP contribution in [0.3, 0.4) is 0 Å². The van der Waals surface area contributed by atoms with Gasteiger partial charge >= 0.3 is 5.69 Å². The Labute approximate surface area is 125 Å². The number of carbonyl (C=O) groups is 1. The summed E-state index contributed by atoms with van der Waals surface area (Å²) in [6.07, 6.45) is 0. The quantitative estimate of drug-likeness (QED) is 0.657. The summed E-state index contributed by atoms with van der Waals surface area (Å²) in [6.45, 7) is 1.97. The third kappa shape index (κ3) is 4.28. The van der Waals surface area contributed by atoms with Crippen LogP contribution in [0.1, 0.15) is 10.4 Å². The zero-order chi connectivity index (χ0) is 15.2. The van der Waals surface area contributed by atoms with Gasteiger partial charge in [0.15, 0.2) is 12.4 Å². The minimum atomic E-state index is -0.529. The zero-order valence-electron chi connectivity index (χ0n) is 11.4. The molecule has 0 unspecified atom stereocenters. The molecule has 0 radical (unpaired) electrons. The highest BCUT2D eigenvalue weighted by Crippen LogP contribution is 2.27. The average molecular weight is 306 g/mol. The third-order valence-corrected chi connectivity index (χ3v) is 3.59. The van der Waals surface area contributed by atoms with Gasteiger partial charge in [-0.3, -0.25) is 14.9 Å². The number of thiophene rings is 1. The van der Waals surface area contributed by atoms with Gasteiger partial charge in [-0.2, -0.15) is 0 Å². The standard InChI is InChI=1S/C14H14N2O4S/c1-10-4-5-12(16(18)19)13(7-10)20-9-14(17)15-8-11-3-2-6-21-11/h2-7H,8-9H2,1H3,(H,15,17). The van der Waals surface area contributed by atoms with Crippen molar-refractivity contribution < 1.29 is 14.5 Å². The molecule has 0 fully saturated rings. The van der Waals surface area contributed by atoms with Crippen LogP contribution in [0, 0.1) is 17.0 Å². The van der Waals surface area contributed by atoms with Gasteiger partial charge in [0.1, 0.15) is 0 Å². The lowest BCUT2D eigenvalue weighted by atomic mass is 10.2. The van der Waals surface area contributed by atoms with Gasteiger partial charge in [-0.05, 0) is 30.0 Å². The third-order valence-electron chi connectivity index (χ3n) is 2.71. The van der Waals surface area contributed by atoms with Crippen molar-refractivity contribution in [2.24, 2.45) is 0 Å². The van der Waals surface area contributed by atoms with Gasteiger partial charge < -0.3 is 10.1 Å². The summed E-state index contributed by atoms with van der Waals surface area (Å²) in [6, 6.07) is 8.36. The van der Waals surface area contributed by atoms with Gasteiger partial charge in [0.25, 0.3) is 5.91 Å². The number of benzene rings is 1. The average Bonchev–Trinajstić information content (AvgIpc) is 2.96. The van der Waals surface area contributed by atoms with Crippen molar-refractivity contribution in [2.75, 3.05) is 6.61 Å². The summed E-state index contributed by atoms with van der Waals surface area (Å²) in [5.74, 6) is -0.217. The van der Waals surface area contributed by atoms with E-state index in [0.717, 1.165) is 10.4 Å². The monoisotopic (exact) mass is 306 g/mol. The van der Waals surface area contributed by atoms with E-state index in [-0.39, 0.29) is 24.0 Å². The lowest BCUT2D eigenvalue weighted by molar-refractivity contribution is -0.385. The first-order valence-corrected chi connectivity index (χ1v) is 7.11. The zero-order valence-corrected chi connectivity index (χ0v) is 12.2. The number of rotatable bonds is 6. The second kappa shape index (κ2) is 6.85. The molecule has 0 atom stereocenters. The number of hydrogen-bond donors (Lipinski definition) is 1. The van der Waals surface area contributed by atoms with Crippen molar-refractivity contribution in [1.82, 2.24) is 5.32 Å². The fourth-order valence-corrected chi connectivity index (χ4v) is 2.33. The number of ether oxygens (including phenoxy) is 1. The summed E-state index contributed by atoms with van der Waals surface area (Å²) < 4.78 is 5.26. The largest absolute Gasteiger partial charge is 0.477 e. The van der Waals surface area contributed by atoms with Gasteiger partial charge in [0.2, 0.25) is 0 Å². The van der Waals surface area contributed by atoms with E-state index >= 15 is 0 Å². The van der Waals surface area contributed by atoms with Crippen molar-refractivity contribution in [1.29, 1.82) is 0 Å². The predicted octanol–water partition coefficient (Wildman–Crippen LogP) is 2.66. The molecular formula is C14H14N2O4S. The molecule has 2 aromatic rings. The van der Waals surface area contributed by atoms with Crippen LogP contribution in [-0.4, -0.2) is 17.4 Å². The van der Waals surface area contributed by atoms with E-state index in [1.807, 2.05) is 17.5 Å². The summed E-state index contributed by atoms with van der Waals surface area (Å²) in [4.78, 5) is 23.1. The lowest BCUT2D eigenvalue weighted by Crippen LogP contribution is -2.28. The van der Waals surface area contributed by atoms with Gasteiger partial charge in [-0.25, -0.2) is 0 Å². The summed E-state index contributed by atoms with van der Waals surface area (Å²) in [7, 11) is 0. The maximum atomic E-state index is 11.7. The van der Waals surface area contributed by atoms with Crippen LogP contribution in [0.2, 0.25) is 0 Å². The highest BCUT2D eigenvalue weighted by Gasteiger charge is 2.16. The minimum Gasteiger partial charge on any atom is -0.477 e. The molecule has 7 heteroatoms. The second-order valence-corrected chi connectivity index (χ2v) is 5.41.